The van der Waals surface area contributed by atoms with E-state index in [1.165, 1.54) is 6.07 Å². The van der Waals surface area contributed by atoms with Crippen molar-refractivity contribution in [2.75, 3.05) is 6.61 Å². The van der Waals surface area contributed by atoms with Crippen LogP contribution in [0.15, 0.2) is 42.5 Å². The molecule has 27 heavy (non-hydrogen) atoms. The molecule has 2 aromatic carbocycles. The van der Waals surface area contributed by atoms with Crippen molar-refractivity contribution in [2.45, 2.75) is 6.92 Å². The summed E-state index contributed by atoms with van der Waals surface area (Å²) < 4.78 is 19.9. The van der Waals surface area contributed by atoms with Crippen molar-refractivity contribution in [1.29, 1.82) is 5.26 Å². The van der Waals surface area contributed by atoms with E-state index in [2.05, 4.69) is 10.9 Å². The molecule has 136 valence electrons. The molecule has 2 amide bonds. The number of halogens is 1. The minimum atomic E-state index is -0.558. The zero-order chi connectivity index (χ0) is 19.4. The number of fused-ring (bicyclic) bond motifs is 1. The van der Waals surface area contributed by atoms with Crippen molar-refractivity contribution in [1.82, 2.24) is 10.9 Å². The molecule has 3 rings (SSSR count). The highest BCUT2D eigenvalue weighted by atomic mass is 32.1. The largest absolute Gasteiger partial charge is 0.484 e. The van der Waals surface area contributed by atoms with E-state index in [1.807, 2.05) is 6.07 Å². The monoisotopic (exact) mass is 383 g/mol. The summed E-state index contributed by atoms with van der Waals surface area (Å²) in [7, 11) is 0. The Labute approximate surface area is 158 Å². The third kappa shape index (κ3) is 4.04. The van der Waals surface area contributed by atoms with Gasteiger partial charge in [0.15, 0.2) is 6.61 Å². The van der Waals surface area contributed by atoms with Gasteiger partial charge in [-0.15, -0.1) is 11.3 Å². The molecule has 6 nitrogen and oxygen atoms in total. The summed E-state index contributed by atoms with van der Waals surface area (Å²) in [4.78, 5) is 24.4. The van der Waals surface area contributed by atoms with E-state index < -0.39 is 11.8 Å². The van der Waals surface area contributed by atoms with Crippen molar-refractivity contribution in [2.24, 2.45) is 0 Å². The lowest BCUT2D eigenvalue weighted by atomic mass is 10.1. The Balaban J connectivity index is 1.57. The highest BCUT2D eigenvalue weighted by Crippen LogP contribution is 2.32. The molecule has 0 unspecified atom stereocenters. The number of hydrazine groups is 1. The Morgan fingerprint density at radius 2 is 1.93 bits per heavy atom. The first-order chi connectivity index (χ1) is 13.0. The minimum absolute atomic E-state index is 0.313. The van der Waals surface area contributed by atoms with Gasteiger partial charge in [0.2, 0.25) is 0 Å². The number of hydrogen-bond donors (Lipinski definition) is 2. The second-order valence-electron chi connectivity index (χ2n) is 5.60. The van der Waals surface area contributed by atoms with Gasteiger partial charge in [-0.3, -0.25) is 20.4 Å². The number of nitrogens with one attached hydrogen (secondary N) is 2. The number of carbonyl (C=O) groups is 2. The fourth-order valence-electron chi connectivity index (χ4n) is 2.46. The fourth-order valence-corrected chi connectivity index (χ4v) is 3.58. The van der Waals surface area contributed by atoms with Crippen LogP contribution in [0.1, 0.15) is 20.8 Å². The average Bonchev–Trinajstić information content (AvgIpc) is 3.02. The van der Waals surface area contributed by atoms with Gasteiger partial charge in [0, 0.05) is 10.1 Å². The van der Waals surface area contributed by atoms with E-state index in [-0.39, 0.29) is 12.4 Å². The van der Waals surface area contributed by atoms with Crippen LogP contribution in [0.25, 0.3) is 10.1 Å². The third-order valence-electron chi connectivity index (χ3n) is 3.78. The molecule has 1 aromatic heterocycles. The summed E-state index contributed by atoms with van der Waals surface area (Å²) in [6.45, 7) is 1.35. The SMILES string of the molecule is Cc1c(C(=O)NNC(=O)COc2ccc(C#N)cc2)sc2cccc(F)c12. The Bertz CT molecular complexity index is 1050. The number of hydrogen-bond acceptors (Lipinski definition) is 5. The van der Waals surface area contributed by atoms with Crippen molar-refractivity contribution >= 4 is 33.2 Å². The topological polar surface area (TPSA) is 91.2 Å². The van der Waals surface area contributed by atoms with E-state index in [0.29, 0.717) is 31.8 Å². The predicted octanol–water partition coefficient (Wildman–Crippen LogP) is 3.06. The van der Waals surface area contributed by atoms with Gasteiger partial charge in [0.1, 0.15) is 11.6 Å². The number of nitrogens with zero attached hydrogens (tertiary/aromatic N) is 1. The smallest absolute Gasteiger partial charge is 0.280 e. The van der Waals surface area contributed by atoms with E-state index in [0.717, 1.165) is 11.3 Å². The van der Waals surface area contributed by atoms with Crippen LogP contribution < -0.4 is 15.6 Å². The first-order valence-corrected chi connectivity index (χ1v) is 8.71. The average molecular weight is 383 g/mol. The Morgan fingerprint density at radius 3 is 2.59 bits per heavy atom. The van der Waals surface area contributed by atoms with Gasteiger partial charge in [0.05, 0.1) is 16.5 Å². The highest BCUT2D eigenvalue weighted by molar-refractivity contribution is 7.21. The lowest BCUT2D eigenvalue weighted by Gasteiger charge is -2.08. The molecule has 1 heterocycles. The fraction of sp³-hybridized carbons (Fsp3) is 0.105. The molecule has 0 fully saturated rings. The van der Waals surface area contributed by atoms with Gasteiger partial charge in [0.25, 0.3) is 11.8 Å². The minimum Gasteiger partial charge on any atom is -0.484 e. The summed E-state index contributed by atoms with van der Waals surface area (Å²) in [6, 6.07) is 12.9. The number of thiophene rings is 1. The van der Waals surface area contributed by atoms with Crippen LogP contribution in [-0.2, 0) is 4.79 Å². The molecule has 2 N–H and O–H groups in total. The van der Waals surface area contributed by atoms with Crippen LogP contribution in [0.3, 0.4) is 0 Å². The van der Waals surface area contributed by atoms with Crippen LogP contribution in [0.5, 0.6) is 5.75 Å². The second kappa shape index (κ2) is 7.85. The maximum absolute atomic E-state index is 13.9. The van der Waals surface area contributed by atoms with E-state index >= 15 is 0 Å². The van der Waals surface area contributed by atoms with Crippen LogP contribution >= 0.6 is 11.3 Å². The summed E-state index contributed by atoms with van der Waals surface area (Å²) in [5.74, 6) is -1.05. The molecular formula is C19H14FN3O3S. The first-order valence-electron chi connectivity index (χ1n) is 7.89. The Morgan fingerprint density at radius 1 is 1.19 bits per heavy atom. The van der Waals surface area contributed by atoms with Crippen molar-refractivity contribution in [3.05, 3.63) is 64.3 Å². The molecule has 3 aromatic rings. The number of nitriles is 1. The molecular weight excluding hydrogens is 369 g/mol. The van der Waals surface area contributed by atoms with Crippen molar-refractivity contribution in [3.63, 3.8) is 0 Å². The summed E-state index contributed by atoms with van der Waals surface area (Å²) in [6.07, 6.45) is 0. The van der Waals surface area contributed by atoms with Gasteiger partial charge in [-0.05, 0) is 48.9 Å². The lowest BCUT2D eigenvalue weighted by Crippen LogP contribution is -2.43. The van der Waals surface area contributed by atoms with Gasteiger partial charge in [-0.25, -0.2) is 4.39 Å². The molecule has 0 bridgehead atoms. The zero-order valence-electron chi connectivity index (χ0n) is 14.2. The standard InChI is InChI=1S/C19H14FN3O3S/c1-11-17-14(20)3-2-4-15(17)27-18(11)19(25)23-22-16(24)10-26-13-7-5-12(9-21)6-8-13/h2-8H,10H2,1H3,(H,22,24)(H,23,25). The van der Waals surface area contributed by atoms with Crippen LogP contribution in [0.4, 0.5) is 4.39 Å². The summed E-state index contributed by atoms with van der Waals surface area (Å²) in [5, 5.41) is 9.13. The van der Waals surface area contributed by atoms with Crippen molar-refractivity contribution in [3.8, 4) is 11.8 Å². The number of carbonyl (C=O) groups excluding carboxylic acids is 2. The maximum atomic E-state index is 13.9. The highest BCUT2D eigenvalue weighted by Gasteiger charge is 2.18. The molecule has 0 aliphatic carbocycles. The normalized spacial score (nSPS) is 10.3. The van der Waals surface area contributed by atoms with Crippen LogP contribution in [0.2, 0.25) is 0 Å². The maximum Gasteiger partial charge on any atom is 0.280 e. The Kier molecular flexibility index (Phi) is 5.33. The number of rotatable bonds is 4. The molecule has 8 heteroatoms. The summed E-state index contributed by atoms with van der Waals surface area (Å²) in [5.41, 5.74) is 5.56. The van der Waals surface area contributed by atoms with Crippen LogP contribution in [-0.4, -0.2) is 18.4 Å². The summed E-state index contributed by atoms with van der Waals surface area (Å²) >= 11 is 1.15. The number of aryl methyl sites for hydroxylation is 1. The van der Waals surface area contributed by atoms with Crippen LogP contribution in [0, 0.1) is 24.1 Å². The lowest BCUT2D eigenvalue weighted by molar-refractivity contribution is -0.123. The quantitative estimate of drug-likeness (QED) is 0.678. The van der Waals surface area contributed by atoms with E-state index in [1.54, 1.807) is 43.3 Å². The van der Waals surface area contributed by atoms with Crippen molar-refractivity contribution < 1.29 is 18.7 Å². The Hall–Kier alpha value is -3.44. The zero-order valence-corrected chi connectivity index (χ0v) is 15.0. The van der Waals surface area contributed by atoms with Gasteiger partial charge in [-0.2, -0.15) is 5.26 Å². The number of benzene rings is 2. The molecule has 0 atom stereocenters. The van der Waals surface area contributed by atoms with Gasteiger partial charge < -0.3 is 4.74 Å². The number of amides is 2. The van der Waals surface area contributed by atoms with Gasteiger partial charge in [-0.1, -0.05) is 6.07 Å². The number of ether oxygens (including phenoxy) is 1. The van der Waals surface area contributed by atoms with E-state index in [9.17, 15) is 14.0 Å². The van der Waals surface area contributed by atoms with Gasteiger partial charge >= 0.3 is 0 Å². The molecule has 0 aliphatic heterocycles. The molecule has 0 spiro atoms. The predicted molar refractivity (Wildman–Crippen MR) is 98.8 cm³/mol. The third-order valence-corrected chi connectivity index (χ3v) is 5.03. The second-order valence-corrected chi connectivity index (χ2v) is 6.65. The molecule has 0 aliphatic rings. The van der Waals surface area contributed by atoms with E-state index in [4.69, 9.17) is 10.00 Å². The molecule has 0 saturated heterocycles. The first kappa shape index (κ1) is 18.4. The molecule has 0 radical (unpaired) electrons. The molecule has 0 saturated carbocycles.